The molecule has 23 heavy (non-hydrogen) atoms. The Morgan fingerprint density at radius 1 is 1.00 bits per heavy atom. The van der Waals surface area contributed by atoms with Crippen LogP contribution in [0, 0.1) is 0 Å². The highest BCUT2D eigenvalue weighted by Crippen LogP contribution is 2.21. The molecule has 0 spiro atoms. The molecular weight excluding hydrogens is 284 g/mol. The molecule has 3 rings (SSSR count). The number of amides is 1. The van der Waals surface area contributed by atoms with Crippen molar-refractivity contribution in [2.75, 3.05) is 0 Å². The lowest BCUT2D eigenvalue weighted by Gasteiger charge is -2.38. The van der Waals surface area contributed by atoms with E-state index in [0.29, 0.717) is 13.0 Å². The summed E-state index contributed by atoms with van der Waals surface area (Å²) in [7, 11) is 0. The molecule has 1 heterocycles. The minimum absolute atomic E-state index is 0.248. The van der Waals surface area contributed by atoms with Gasteiger partial charge in [-0.05, 0) is 24.5 Å². The Balaban J connectivity index is 1.55. The first-order chi connectivity index (χ1) is 11.2. The molecule has 2 atom stereocenters. The van der Waals surface area contributed by atoms with Crippen LogP contribution >= 0.6 is 0 Å². The first-order valence-corrected chi connectivity index (χ1v) is 8.33. The van der Waals surface area contributed by atoms with Gasteiger partial charge in [-0.2, -0.15) is 0 Å². The number of hydrogen-bond acceptors (Lipinski definition) is 2. The summed E-state index contributed by atoms with van der Waals surface area (Å²) in [5, 5.41) is 3.54. The number of likely N-dealkylation sites (tertiary alicyclic amines) is 1. The molecular formula is C20H24N2O. The number of hydrogen-bond donors (Lipinski definition) is 1. The van der Waals surface area contributed by atoms with Gasteiger partial charge in [-0.3, -0.25) is 4.79 Å². The number of nitrogens with zero attached hydrogens (tertiary/aromatic N) is 1. The van der Waals surface area contributed by atoms with E-state index in [1.54, 1.807) is 0 Å². The first kappa shape index (κ1) is 15.8. The smallest absolute Gasteiger partial charge is 0.224 e. The zero-order valence-electron chi connectivity index (χ0n) is 13.6. The molecule has 3 heteroatoms. The fourth-order valence-corrected chi connectivity index (χ4v) is 3.23. The summed E-state index contributed by atoms with van der Waals surface area (Å²) in [6, 6.07) is 21.1. The molecule has 2 aromatic rings. The van der Waals surface area contributed by atoms with Crippen LogP contribution in [0.4, 0.5) is 0 Å². The van der Waals surface area contributed by atoms with E-state index < -0.39 is 0 Å². The minimum Gasteiger partial charge on any atom is -0.336 e. The molecule has 0 aliphatic carbocycles. The average molecular weight is 308 g/mol. The van der Waals surface area contributed by atoms with Crippen molar-refractivity contribution in [1.29, 1.82) is 0 Å². The summed E-state index contributed by atoms with van der Waals surface area (Å²) >= 11 is 0. The van der Waals surface area contributed by atoms with Crippen LogP contribution in [0.5, 0.6) is 0 Å². The van der Waals surface area contributed by atoms with Crippen LogP contribution in [0.3, 0.4) is 0 Å². The first-order valence-electron chi connectivity index (χ1n) is 8.33. The number of carbonyl (C=O) groups excluding carboxylic acids is 1. The van der Waals surface area contributed by atoms with E-state index >= 15 is 0 Å². The lowest BCUT2D eigenvalue weighted by atomic mass is 9.96. The predicted octanol–water partition coefficient (Wildman–Crippen LogP) is 3.36. The van der Waals surface area contributed by atoms with E-state index in [1.807, 2.05) is 41.3 Å². The third-order valence-electron chi connectivity index (χ3n) is 4.53. The van der Waals surface area contributed by atoms with Crippen molar-refractivity contribution >= 4 is 5.91 Å². The maximum atomic E-state index is 12.5. The topological polar surface area (TPSA) is 32.3 Å². The van der Waals surface area contributed by atoms with Crippen LogP contribution in [0.1, 0.15) is 30.9 Å². The van der Waals surface area contributed by atoms with E-state index in [1.165, 1.54) is 11.1 Å². The molecule has 1 amide bonds. The summed E-state index contributed by atoms with van der Waals surface area (Å²) in [4.78, 5) is 14.5. The fourth-order valence-electron chi connectivity index (χ4n) is 3.23. The second-order valence-electron chi connectivity index (χ2n) is 6.36. The Bertz CT molecular complexity index is 627. The summed E-state index contributed by atoms with van der Waals surface area (Å²) in [6.07, 6.45) is 1.59. The number of rotatable bonds is 5. The Morgan fingerprint density at radius 3 is 2.22 bits per heavy atom. The third kappa shape index (κ3) is 4.20. The highest BCUT2D eigenvalue weighted by atomic mass is 16.2. The van der Waals surface area contributed by atoms with Gasteiger partial charge in [0.1, 0.15) is 0 Å². The predicted molar refractivity (Wildman–Crippen MR) is 92.8 cm³/mol. The van der Waals surface area contributed by atoms with Gasteiger partial charge in [0.15, 0.2) is 0 Å². The summed E-state index contributed by atoms with van der Waals surface area (Å²) in [5.41, 5.74) is 2.46. The number of piperidine rings is 1. The van der Waals surface area contributed by atoms with E-state index in [-0.39, 0.29) is 18.0 Å². The van der Waals surface area contributed by atoms with Gasteiger partial charge >= 0.3 is 0 Å². The molecule has 0 radical (unpaired) electrons. The summed E-state index contributed by atoms with van der Waals surface area (Å²) < 4.78 is 0. The van der Waals surface area contributed by atoms with Gasteiger partial charge in [-0.15, -0.1) is 0 Å². The molecule has 2 aromatic carbocycles. The van der Waals surface area contributed by atoms with Gasteiger partial charge in [0, 0.05) is 31.6 Å². The van der Waals surface area contributed by atoms with Crippen molar-refractivity contribution in [3.05, 3.63) is 71.8 Å². The van der Waals surface area contributed by atoms with Crippen LogP contribution in [0.2, 0.25) is 0 Å². The maximum absolute atomic E-state index is 12.5. The molecule has 120 valence electrons. The molecule has 3 nitrogen and oxygen atoms in total. The summed E-state index contributed by atoms with van der Waals surface area (Å²) in [5.74, 6) is 0.248. The number of nitrogens with one attached hydrogen (secondary N) is 1. The number of benzene rings is 2. The lowest BCUT2D eigenvalue weighted by molar-refractivity contribution is -0.137. The van der Waals surface area contributed by atoms with Gasteiger partial charge in [0.05, 0.1) is 0 Å². The molecule has 1 fully saturated rings. The standard InChI is InChI=1S/C20H24N2O/c1-16-12-19(21-14-17-8-4-2-5-9-17)13-20(23)22(16)15-18-10-6-3-7-11-18/h2-11,16,19,21H,12-15H2,1H3/t16-,19-/m0/s1. The summed E-state index contributed by atoms with van der Waals surface area (Å²) in [6.45, 7) is 3.69. The van der Waals surface area contributed by atoms with Crippen LogP contribution in [-0.4, -0.2) is 22.9 Å². The van der Waals surface area contributed by atoms with Crippen molar-refractivity contribution < 1.29 is 4.79 Å². The van der Waals surface area contributed by atoms with Gasteiger partial charge in [0.2, 0.25) is 5.91 Å². The Kier molecular flexibility index (Phi) is 5.09. The fraction of sp³-hybridized carbons (Fsp3) is 0.350. The quantitative estimate of drug-likeness (QED) is 0.918. The van der Waals surface area contributed by atoms with Gasteiger partial charge < -0.3 is 10.2 Å². The Morgan fingerprint density at radius 2 is 1.61 bits per heavy atom. The van der Waals surface area contributed by atoms with Crippen LogP contribution in [0.25, 0.3) is 0 Å². The van der Waals surface area contributed by atoms with E-state index in [9.17, 15) is 4.79 Å². The van der Waals surface area contributed by atoms with E-state index in [0.717, 1.165) is 13.0 Å². The molecule has 0 unspecified atom stereocenters. The van der Waals surface area contributed by atoms with Crippen LogP contribution in [-0.2, 0) is 17.9 Å². The Hall–Kier alpha value is -2.13. The molecule has 0 aromatic heterocycles. The van der Waals surface area contributed by atoms with Crippen molar-refractivity contribution in [2.45, 2.75) is 44.9 Å². The SMILES string of the molecule is C[C@H]1C[C@H](NCc2ccccc2)CC(=O)N1Cc1ccccc1. The van der Waals surface area contributed by atoms with Crippen molar-refractivity contribution in [3.8, 4) is 0 Å². The molecule has 1 aliphatic heterocycles. The minimum atomic E-state index is 0.248. The second-order valence-corrected chi connectivity index (χ2v) is 6.36. The monoisotopic (exact) mass is 308 g/mol. The normalized spacial score (nSPS) is 21.4. The molecule has 0 bridgehead atoms. The van der Waals surface area contributed by atoms with Crippen molar-refractivity contribution in [1.82, 2.24) is 10.2 Å². The highest BCUT2D eigenvalue weighted by Gasteiger charge is 2.30. The van der Waals surface area contributed by atoms with Crippen molar-refractivity contribution in [2.24, 2.45) is 0 Å². The van der Waals surface area contributed by atoms with E-state index in [2.05, 4.69) is 36.5 Å². The Labute approximate surface area is 138 Å². The zero-order chi connectivity index (χ0) is 16.1. The van der Waals surface area contributed by atoms with Gasteiger partial charge in [-0.25, -0.2) is 0 Å². The highest BCUT2D eigenvalue weighted by molar-refractivity contribution is 5.78. The van der Waals surface area contributed by atoms with Crippen molar-refractivity contribution in [3.63, 3.8) is 0 Å². The number of carbonyl (C=O) groups is 1. The molecule has 1 saturated heterocycles. The lowest BCUT2D eigenvalue weighted by Crippen LogP contribution is -2.50. The molecule has 1 aliphatic rings. The maximum Gasteiger partial charge on any atom is 0.224 e. The van der Waals surface area contributed by atoms with Gasteiger partial charge in [0.25, 0.3) is 0 Å². The van der Waals surface area contributed by atoms with Crippen LogP contribution < -0.4 is 5.32 Å². The van der Waals surface area contributed by atoms with Crippen LogP contribution in [0.15, 0.2) is 60.7 Å². The molecule has 1 N–H and O–H groups in total. The largest absolute Gasteiger partial charge is 0.336 e. The van der Waals surface area contributed by atoms with E-state index in [4.69, 9.17) is 0 Å². The molecule has 0 saturated carbocycles. The average Bonchev–Trinajstić information content (AvgIpc) is 2.58. The second kappa shape index (κ2) is 7.42. The zero-order valence-corrected chi connectivity index (χ0v) is 13.6. The van der Waals surface area contributed by atoms with Gasteiger partial charge in [-0.1, -0.05) is 60.7 Å². The third-order valence-corrected chi connectivity index (χ3v) is 4.53.